The van der Waals surface area contributed by atoms with E-state index in [1.165, 1.54) is 5.56 Å². The summed E-state index contributed by atoms with van der Waals surface area (Å²) in [4.78, 5) is 4.81. The fourth-order valence-corrected chi connectivity index (χ4v) is 5.72. The lowest BCUT2D eigenvalue weighted by atomic mass is 9.95. The Hall–Kier alpha value is -4.81. The van der Waals surface area contributed by atoms with Crippen molar-refractivity contribution in [2.45, 2.75) is 65.6 Å². The maximum Gasteiger partial charge on any atom is 0.181 e. The van der Waals surface area contributed by atoms with Crippen molar-refractivity contribution in [3.63, 3.8) is 0 Å². The summed E-state index contributed by atoms with van der Waals surface area (Å²) in [5.74, 6) is 0.235. The molecule has 212 valence electrons. The average molecular weight is 559 g/mol. The first-order valence-electron chi connectivity index (χ1n) is 14.3. The number of nitriles is 1. The van der Waals surface area contributed by atoms with Crippen LogP contribution in [-0.2, 0) is 13.1 Å². The molecule has 0 aliphatic heterocycles. The van der Waals surface area contributed by atoms with Crippen LogP contribution in [0.25, 0.3) is 38.9 Å². The van der Waals surface area contributed by atoms with E-state index >= 15 is 0 Å². The Balaban J connectivity index is 1.41. The van der Waals surface area contributed by atoms with Crippen LogP contribution in [0.15, 0.2) is 67.0 Å². The number of hydrogen-bond acceptors (Lipinski definition) is 6. The summed E-state index contributed by atoms with van der Waals surface area (Å²) in [6, 6.07) is 20.1. The van der Waals surface area contributed by atoms with Gasteiger partial charge in [0.15, 0.2) is 5.65 Å². The van der Waals surface area contributed by atoms with Gasteiger partial charge in [-0.15, -0.1) is 0 Å². The van der Waals surface area contributed by atoms with E-state index in [4.69, 9.17) is 20.4 Å². The van der Waals surface area contributed by atoms with Crippen LogP contribution in [0.4, 0.5) is 0 Å². The summed E-state index contributed by atoms with van der Waals surface area (Å²) in [7, 11) is 0. The number of aliphatic hydroxyl groups excluding tert-OH is 1. The molecular formula is C33H34N8O. The molecule has 0 saturated carbocycles. The number of aromatic nitrogens is 7. The van der Waals surface area contributed by atoms with Crippen LogP contribution in [0.1, 0.15) is 61.2 Å². The van der Waals surface area contributed by atoms with Gasteiger partial charge in [0.05, 0.1) is 41.3 Å². The predicted octanol–water partition coefficient (Wildman–Crippen LogP) is 6.41. The summed E-state index contributed by atoms with van der Waals surface area (Å²) in [5, 5.41) is 36.2. The Morgan fingerprint density at radius 1 is 0.952 bits per heavy atom. The predicted molar refractivity (Wildman–Crippen MR) is 163 cm³/mol. The minimum atomic E-state index is -0.655. The molecule has 0 saturated heterocycles. The molecule has 9 nitrogen and oxygen atoms in total. The van der Waals surface area contributed by atoms with E-state index < -0.39 is 6.10 Å². The molecule has 4 aromatic heterocycles. The Kier molecular flexibility index (Phi) is 7.31. The van der Waals surface area contributed by atoms with Crippen LogP contribution >= 0.6 is 0 Å². The number of aryl methyl sites for hydroxylation is 2. The highest BCUT2D eigenvalue weighted by molar-refractivity contribution is 5.94. The van der Waals surface area contributed by atoms with Crippen molar-refractivity contribution in [2.24, 2.45) is 0 Å². The van der Waals surface area contributed by atoms with Gasteiger partial charge in [0.1, 0.15) is 0 Å². The van der Waals surface area contributed by atoms with Crippen LogP contribution in [0.5, 0.6) is 0 Å². The van der Waals surface area contributed by atoms with Crippen molar-refractivity contribution in [1.29, 1.82) is 5.26 Å². The van der Waals surface area contributed by atoms with Gasteiger partial charge >= 0.3 is 0 Å². The lowest BCUT2D eigenvalue weighted by Gasteiger charge is -2.10. The summed E-state index contributed by atoms with van der Waals surface area (Å²) in [5.41, 5.74) is 8.34. The van der Waals surface area contributed by atoms with Crippen molar-refractivity contribution < 1.29 is 5.11 Å². The molecule has 6 rings (SSSR count). The lowest BCUT2D eigenvalue weighted by molar-refractivity contribution is 0.152. The molecule has 0 fully saturated rings. The van der Waals surface area contributed by atoms with Gasteiger partial charge in [-0.25, -0.2) is 9.67 Å². The zero-order valence-electron chi connectivity index (χ0n) is 24.4. The highest BCUT2D eigenvalue weighted by Crippen LogP contribution is 2.37. The number of benzene rings is 2. The lowest BCUT2D eigenvalue weighted by Crippen LogP contribution is -2.08. The fraction of sp³-hybridized carbons (Fsp3) is 0.303. The quantitative estimate of drug-likeness (QED) is 0.205. The molecule has 1 atom stereocenters. The van der Waals surface area contributed by atoms with E-state index in [0.717, 1.165) is 56.6 Å². The molecule has 0 aliphatic rings. The standard InChI is InChI=1S/C33H34N8O/c1-21(2)31-23(4)41(29-17-25-18-39(16-9-8-15-34)38-33(25)35-22(29)3)37-32(31)26-13-10-14-28-27(26)19-40(36-28)20-30(42)24-11-6-5-7-12-24/h5-7,10-14,17-19,21,30,42H,8-9,16,20H2,1-4H3/t30-/m0/s1. The molecule has 1 N–H and O–H groups in total. The Morgan fingerprint density at radius 3 is 2.52 bits per heavy atom. The number of fused-ring (bicyclic) bond motifs is 2. The third kappa shape index (κ3) is 5.06. The number of nitrogens with zero attached hydrogens (tertiary/aromatic N) is 8. The SMILES string of the molecule is Cc1nc2nn(CCCC#N)cc2cc1-n1nc(-c2cccc3nn(C[C@H](O)c4ccccc4)cc23)c(C(C)C)c1C. The summed E-state index contributed by atoms with van der Waals surface area (Å²) in [6.07, 6.45) is 4.60. The first kappa shape index (κ1) is 27.4. The van der Waals surface area contributed by atoms with Crippen LogP contribution in [0.2, 0.25) is 0 Å². The molecule has 0 spiro atoms. The minimum absolute atomic E-state index is 0.235. The van der Waals surface area contributed by atoms with Crippen molar-refractivity contribution >= 4 is 21.9 Å². The summed E-state index contributed by atoms with van der Waals surface area (Å²) >= 11 is 0. The molecule has 0 amide bonds. The van der Waals surface area contributed by atoms with Gasteiger partial charge in [-0.3, -0.25) is 9.36 Å². The van der Waals surface area contributed by atoms with Gasteiger partial charge in [-0.05, 0) is 43.9 Å². The van der Waals surface area contributed by atoms with E-state index in [1.54, 1.807) is 0 Å². The maximum absolute atomic E-state index is 10.8. The Bertz CT molecular complexity index is 1920. The molecule has 0 unspecified atom stereocenters. The number of rotatable bonds is 9. The van der Waals surface area contributed by atoms with Crippen molar-refractivity contribution in [1.82, 2.24) is 34.3 Å². The van der Waals surface area contributed by atoms with E-state index in [2.05, 4.69) is 44.1 Å². The van der Waals surface area contributed by atoms with Crippen LogP contribution in [0, 0.1) is 25.2 Å². The third-order valence-corrected chi connectivity index (χ3v) is 7.75. The smallest absolute Gasteiger partial charge is 0.181 e. The molecule has 2 aromatic carbocycles. The molecule has 42 heavy (non-hydrogen) atoms. The molecule has 0 aliphatic carbocycles. The fourth-order valence-electron chi connectivity index (χ4n) is 5.72. The highest BCUT2D eigenvalue weighted by Gasteiger charge is 2.23. The molecule has 0 radical (unpaired) electrons. The van der Waals surface area contributed by atoms with Gasteiger partial charge in [0.25, 0.3) is 0 Å². The number of hydrogen-bond donors (Lipinski definition) is 1. The van der Waals surface area contributed by atoms with E-state index in [1.807, 2.05) is 75.8 Å². The van der Waals surface area contributed by atoms with Crippen LogP contribution in [0.3, 0.4) is 0 Å². The van der Waals surface area contributed by atoms with Crippen molar-refractivity contribution in [3.8, 4) is 23.0 Å². The second-order valence-corrected chi connectivity index (χ2v) is 11.1. The molecular weight excluding hydrogens is 524 g/mol. The Labute approximate surface area is 244 Å². The largest absolute Gasteiger partial charge is 0.386 e. The number of aliphatic hydroxyl groups is 1. The van der Waals surface area contributed by atoms with Gasteiger partial charge < -0.3 is 5.11 Å². The second-order valence-electron chi connectivity index (χ2n) is 11.1. The molecule has 4 heterocycles. The van der Waals surface area contributed by atoms with Gasteiger partial charge in [0.2, 0.25) is 0 Å². The van der Waals surface area contributed by atoms with Gasteiger partial charge in [-0.1, -0.05) is 56.3 Å². The second kappa shape index (κ2) is 11.2. The zero-order chi connectivity index (χ0) is 29.4. The number of pyridine rings is 1. The highest BCUT2D eigenvalue weighted by atomic mass is 16.3. The normalized spacial score (nSPS) is 12.4. The average Bonchev–Trinajstić information content (AvgIpc) is 3.67. The Morgan fingerprint density at radius 2 is 1.76 bits per heavy atom. The number of unbranched alkanes of at least 4 members (excludes halogenated alkanes) is 1. The summed E-state index contributed by atoms with van der Waals surface area (Å²) in [6.45, 7) is 9.52. The van der Waals surface area contributed by atoms with Gasteiger partial charge in [-0.2, -0.15) is 20.6 Å². The maximum atomic E-state index is 10.8. The van der Waals surface area contributed by atoms with Gasteiger partial charge in [0, 0.05) is 53.0 Å². The molecule has 0 bridgehead atoms. The van der Waals surface area contributed by atoms with E-state index in [9.17, 15) is 5.11 Å². The minimum Gasteiger partial charge on any atom is -0.386 e. The monoisotopic (exact) mass is 558 g/mol. The zero-order valence-corrected chi connectivity index (χ0v) is 24.4. The topological polar surface area (TPSA) is 110 Å². The van der Waals surface area contributed by atoms with Crippen LogP contribution < -0.4 is 0 Å². The summed E-state index contributed by atoms with van der Waals surface area (Å²) < 4.78 is 5.69. The van der Waals surface area contributed by atoms with Crippen LogP contribution in [-0.4, -0.2) is 39.4 Å². The van der Waals surface area contributed by atoms with Crippen molar-refractivity contribution in [2.75, 3.05) is 0 Å². The first-order valence-corrected chi connectivity index (χ1v) is 14.3. The van der Waals surface area contributed by atoms with E-state index in [-0.39, 0.29) is 5.92 Å². The first-order chi connectivity index (χ1) is 20.3. The molecule has 6 aromatic rings. The molecule has 9 heteroatoms. The van der Waals surface area contributed by atoms with Crippen molar-refractivity contribution in [3.05, 3.63) is 89.5 Å². The third-order valence-electron chi connectivity index (χ3n) is 7.75. The van der Waals surface area contributed by atoms with E-state index in [0.29, 0.717) is 25.2 Å².